The average Bonchev–Trinajstić information content (AvgIpc) is 2.80. The number of hydrogen-bond acceptors (Lipinski definition) is 2. The number of alkyl halides is 3. The summed E-state index contributed by atoms with van der Waals surface area (Å²) in [4.78, 5) is 4.23. The maximum Gasteiger partial charge on any atom is 0.416 e. The molecule has 1 N–H and O–H groups in total. The molecule has 2 aromatic heterocycles. The van der Waals surface area contributed by atoms with E-state index < -0.39 is 11.7 Å². The van der Waals surface area contributed by atoms with Crippen LogP contribution in [0.25, 0.3) is 5.52 Å². The third-order valence-corrected chi connectivity index (χ3v) is 3.24. The zero-order chi connectivity index (χ0) is 15.0. The molecule has 0 aliphatic carbocycles. The molecule has 3 nitrogen and oxygen atoms in total. The SMILES string of the molecule is Oc1ccn2c(Cc3ccc(C(F)(F)F)cc3)ncc2c1. The van der Waals surface area contributed by atoms with Crippen LogP contribution in [0.3, 0.4) is 0 Å². The van der Waals surface area contributed by atoms with Crippen molar-refractivity contribution in [1.82, 2.24) is 9.38 Å². The molecule has 0 unspecified atom stereocenters. The number of benzene rings is 1. The molecule has 1 aromatic carbocycles. The quantitative estimate of drug-likeness (QED) is 0.783. The van der Waals surface area contributed by atoms with E-state index in [2.05, 4.69) is 4.98 Å². The third kappa shape index (κ3) is 2.69. The molecule has 0 aliphatic heterocycles. The summed E-state index contributed by atoms with van der Waals surface area (Å²) in [5.74, 6) is 0.841. The Hall–Kier alpha value is -2.50. The number of nitrogens with zero attached hydrogens (tertiary/aromatic N) is 2. The largest absolute Gasteiger partial charge is 0.508 e. The fourth-order valence-electron chi connectivity index (χ4n) is 2.17. The highest BCUT2D eigenvalue weighted by atomic mass is 19.4. The summed E-state index contributed by atoms with van der Waals surface area (Å²) in [5, 5.41) is 9.39. The first-order chi connectivity index (χ1) is 9.93. The van der Waals surface area contributed by atoms with E-state index in [4.69, 9.17) is 0 Å². The normalized spacial score (nSPS) is 12.0. The maximum absolute atomic E-state index is 12.5. The molecule has 0 saturated heterocycles. The lowest BCUT2D eigenvalue weighted by molar-refractivity contribution is -0.137. The molecule has 3 aromatic rings. The topological polar surface area (TPSA) is 37.5 Å². The van der Waals surface area contributed by atoms with Crippen LogP contribution in [0, 0.1) is 0 Å². The molecule has 0 saturated carbocycles. The van der Waals surface area contributed by atoms with Crippen LogP contribution >= 0.6 is 0 Å². The Labute approximate surface area is 118 Å². The first kappa shape index (κ1) is 13.5. The minimum absolute atomic E-state index is 0.142. The Morgan fingerprint density at radius 2 is 1.81 bits per heavy atom. The van der Waals surface area contributed by atoms with Gasteiger partial charge in [0, 0.05) is 18.7 Å². The summed E-state index contributed by atoms with van der Waals surface area (Å²) >= 11 is 0. The van der Waals surface area contributed by atoms with Crippen molar-refractivity contribution in [2.24, 2.45) is 0 Å². The molecule has 0 fully saturated rings. The van der Waals surface area contributed by atoms with E-state index in [0.29, 0.717) is 12.2 Å². The summed E-state index contributed by atoms with van der Waals surface area (Å²) in [6, 6.07) is 8.14. The maximum atomic E-state index is 12.5. The number of halogens is 3. The van der Waals surface area contributed by atoms with Crippen LogP contribution in [-0.2, 0) is 12.6 Å². The minimum atomic E-state index is -4.32. The fourth-order valence-corrected chi connectivity index (χ4v) is 2.17. The van der Waals surface area contributed by atoms with Crippen LogP contribution in [0.15, 0.2) is 48.8 Å². The van der Waals surface area contributed by atoms with Gasteiger partial charge in [0.2, 0.25) is 0 Å². The predicted molar refractivity (Wildman–Crippen MR) is 71.1 cm³/mol. The Morgan fingerprint density at radius 3 is 2.48 bits per heavy atom. The van der Waals surface area contributed by atoms with E-state index in [1.165, 1.54) is 18.2 Å². The van der Waals surface area contributed by atoms with Gasteiger partial charge in [0.1, 0.15) is 11.6 Å². The van der Waals surface area contributed by atoms with Crippen molar-refractivity contribution in [1.29, 1.82) is 0 Å². The second-order valence-corrected chi connectivity index (χ2v) is 4.73. The van der Waals surface area contributed by atoms with Crippen molar-refractivity contribution >= 4 is 5.52 Å². The van der Waals surface area contributed by atoms with E-state index >= 15 is 0 Å². The van der Waals surface area contributed by atoms with Crippen molar-refractivity contribution in [3.8, 4) is 5.75 Å². The van der Waals surface area contributed by atoms with Crippen molar-refractivity contribution in [2.75, 3.05) is 0 Å². The summed E-state index contributed by atoms with van der Waals surface area (Å²) < 4.78 is 39.3. The molecule has 0 bridgehead atoms. The van der Waals surface area contributed by atoms with Crippen LogP contribution in [0.5, 0.6) is 5.75 Å². The summed E-state index contributed by atoms with van der Waals surface area (Å²) in [5.41, 5.74) is 0.810. The smallest absolute Gasteiger partial charge is 0.416 e. The van der Waals surface area contributed by atoms with Gasteiger partial charge in [0.25, 0.3) is 0 Å². The summed E-state index contributed by atoms with van der Waals surface area (Å²) in [7, 11) is 0. The number of aromatic hydroxyl groups is 1. The molecule has 0 atom stereocenters. The Morgan fingerprint density at radius 1 is 1.10 bits per heavy atom. The standard InChI is InChI=1S/C15H11F3N2O/c16-15(17,18)11-3-1-10(2-4-11)7-14-19-9-12-8-13(21)5-6-20(12)14/h1-6,8-9,21H,7H2. The monoisotopic (exact) mass is 292 g/mol. The van der Waals surface area contributed by atoms with Crippen LogP contribution in [0.1, 0.15) is 17.0 Å². The van der Waals surface area contributed by atoms with Crippen molar-refractivity contribution in [2.45, 2.75) is 12.6 Å². The van der Waals surface area contributed by atoms with Gasteiger partial charge in [-0.15, -0.1) is 0 Å². The fraction of sp³-hybridized carbons (Fsp3) is 0.133. The van der Waals surface area contributed by atoms with E-state index in [1.807, 2.05) is 0 Å². The van der Waals surface area contributed by atoms with Gasteiger partial charge in [-0.1, -0.05) is 12.1 Å². The molecule has 2 heterocycles. The van der Waals surface area contributed by atoms with Crippen molar-refractivity contribution < 1.29 is 18.3 Å². The van der Waals surface area contributed by atoms with E-state index in [9.17, 15) is 18.3 Å². The molecular formula is C15H11F3N2O. The van der Waals surface area contributed by atoms with Gasteiger partial charge < -0.3 is 9.51 Å². The first-order valence-corrected chi connectivity index (χ1v) is 6.24. The highest BCUT2D eigenvalue weighted by molar-refractivity contribution is 5.50. The molecule has 0 aliphatic rings. The lowest BCUT2D eigenvalue weighted by Gasteiger charge is -2.07. The zero-order valence-corrected chi connectivity index (χ0v) is 10.8. The Kier molecular flexibility index (Phi) is 3.08. The van der Waals surface area contributed by atoms with Crippen LogP contribution in [0.4, 0.5) is 13.2 Å². The number of fused-ring (bicyclic) bond motifs is 1. The molecule has 108 valence electrons. The average molecular weight is 292 g/mol. The number of aromatic nitrogens is 2. The summed E-state index contributed by atoms with van der Waals surface area (Å²) in [6.07, 6.45) is -0.622. The first-order valence-electron chi connectivity index (χ1n) is 6.24. The van der Waals surface area contributed by atoms with E-state index in [0.717, 1.165) is 23.2 Å². The van der Waals surface area contributed by atoms with Gasteiger partial charge in [0.05, 0.1) is 17.3 Å². The van der Waals surface area contributed by atoms with E-state index in [1.54, 1.807) is 22.9 Å². The molecular weight excluding hydrogens is 281 g/mol. The van der Waals surface area contributed by atoms with Crippen LogP contribution in [0.2, 0.25) is 0 Å². The Bertz CT molecular complexity index is 776. The van der Waals surface area contributed by atoms with Gasteiger partial charge in [-0.05, 0) is 23.8 Å². The molecule has 0 spiro atoms. The van der Waals surface area contributed by atoms with Gasteiger partial charge >= 0.3 is 6.18 Å². The number of rotatable bonds is 2. The Balaban J connectivity index is 1.88. The zero-order valence-electron chi connectivity index (χ0n) is 10.8. The lowest BCUT2D eigenvalue weighted by Crippen LogP contribution is -2.04. The summed E-state index contributed by atoms with van der Waals surface area (Å²) in [6.45, 7) is 0. The molecule has 0 radical (unpaired) electrons. The second-order valence-electron chi connectivity index (χ2n) is 4.73. The van der Waals surface area contributed by atoms with Gasteiger partial charge in [-0.25, -0.2) is 4.98 Å². The molecule has 0 amide bonds. The highest BCUT2D eigenvalue weighted by Gasteiger charge is 2.29. The van der Waals surface area contributed by atoms with Crippen LogP contribution in [-0.4, -0.2) is 14.5 Å². The molecule has 3 rings (SSSR count). The number of pyridine rings is 1. The van der Waals surface area contributed by atoms with Crippen molar-refractivity contribution in [3.63, 3.8) is 0 Å². The minimum Gasteiger partial charge on any atom is -0.508 e. The molecule has 6 heteroatoms. The number of hydrogen-bond donors (Lipinski definition) is 1. The third-order valence-electron chi connectivity index (χ3n) is 3.24. The lowest BCUT2D eigenvalue weighted by atomic mass is 10.1. The van der Waals surface area contributed by atoms with Crippen LogP contribution < -0.4 is 0 Å². The van der Waals surface area contributed by atoms with Gasteiger partial charge in [-0.3, -0.25) is 0 Å². The molecule has 21 heavy (non-hydrogen) atoms. The van der Waals surface area contributed by atoms with Gasteiger partial charge in [-0.2, -0.15) is 13.2 Å². The number of imidazole rings is 1. The highest BCUT2D eigenvalue weighted by Crippen LogP contribution is 2.29. The predicted octanol–water partition coefficient (Wildman–Crippen LogP) is 3.65. The van der Waals surface area contributed by atoms with Gasteiger partial charge in [0.15, 0.2) is 0 Å². The van der Waals surface area contributed by atoms with E-state index in [-0.39, 0.29) is 5.75 Å². The second kappa shape index (κ2) is 4.80. The van der Waals surface area contributed by atoms with Crippen molar-refractivity contribution in [3.05, 3.63) is 65.7 Å².